The Hall–Kier alpha value is -2.21. The van der Waals surface area contributed by atoms with Crippen molar-refractivity contribution in [2.45, 2.75) is 33.8 Å². The van der Waals surface area contributed by atoms with Crippen LogP contribution in [0.1, 0.15) is 41.0 Å². The number of methoxy groups -OCH3 is 1. The summed E-state index contributed by atoms with van der Waals surface area (Å²) in [7, 11) is 1.71. The Morgan fingerprint density at radius 3 is 2.48 bits per heavy atom. The Morgan fingerprint density at radius 2 is 1.90 bits per heavy atom. The number of halogens is 1. The van der Waals surface area contributed by atoms with Crippen LogP contribution in [-0.2, 0) is 17.8 Å². The zero-order chi connectivity index (χ0) is 21.6. The van der Waals surface area contributed by atoms with Crippen LogP contribution in [0.5, 0.6) is 0 Å². The van der Waals surface area contributed by atoms with Crippen molar-refractivity contribution in [2.75, 3.05) is 18.8 Å². The minimum absolute atomic E-state index is 0.0713. The van der Waals surface area contributed by atoms with Crippen molar-refractivity contribution in [3.63, 3.8) is 0 Å². The molecule has 0 aliphatic carbocycles. The zero-order valence-corrected chi connectivity index (χ0v) is 19.2. The third kappa shape index (κ3) is 8.77. The summed E-state index contributed by atoms with van der Waals surface area (Å²) in [5.74, 6) is 0.0713. The Labute approximate surface area is 182 Å². The van der Waals surface area contributed by atoms with Gasteiger partial charge in [-0.3, -0.25) is 4.79 Å². The van der Waals surface area contributed by atoms with Gasteiger partial charge in [0, 0.05) is 30.1 Å². The number of nitrogens with zero attached hydrogens (tertiary/aromatic N) is 1. The highest BCUT2D eigenvalue weighted by Gasteiger charge is 2.03. The molecule has 156 valence electrons. The third-order valence-corrected chi connectivity index (χ3v) is 4.80. The summed E-state index contributed by atoms with van der Waals surface area (Å²) in [5.41, 5.74) is 5.26. The van der Waals surface area contributed by atoms with Crippen molar-refractivity contribution in [1.29, 1.82) is 0 Å². The lowest BCUT2D eigenvalue weighted by molar-refractivity contribution is 0.101. The molecule has 1 aromatic heterocycles. The molecule has 0 bridgehead atoms. The smallest absolute Gasteiger partial charge is 0.187 e. The third-order valence-electron chi connectivity index (χ3n) is 4.00. The van der Waals surface area contributed by atoms with Crippen molar-refractivity contribution in [1.82, 2.24) is 4.98 Å². The highest BCUT2D eigenvalue weighted by Crippen LogP contribution is 2.22. The molecular formula is C23H29ClN2O2S. The minimum Gasteiger partial charge on any atom is -0.380 e. The van der Waals surface area contributed by atoms with Crippen LogP contribution >= 0.6 is 22.9 Å². The van der Waals surface area contributed by atoms with E-state index in [9.17, 15) is 4.79 Å². The molecule has 1 heterocycles. The van der Waals surface area contributed by atoms with E-state index in [1.807, 2.05) is 41.8 Å². The van der Waals surface area contributed by atoms with Crippen molar-refractivity contribution in [3.05, 3.63) is 76.3 Å². The number of carbonyl (C=O) groups is 1. The number of alkyl halides is 1. The van der Waals surface area contributed by atoms with Crippen LogP contribution in [-0.4, -0.2) is 24.3 Å². The van der Waals surface area contributed by atoms with Crippen LogP contribution in [0.15, 0.2) is 53.9 Å². The maximum absolute atomic E-state index is 11.3. The molecule has 6 heteroatoms. The number of ketones is 1. The van der Waals surface area contributed by atoms with E-state index in [-0.39, 0.29) is 5.78 Å². The number of nitrogens with one attached hydrogen (secondary N) is 1. The molecule has 0 saturated heterocycles. The van der Waals surface area contributed by atoms with Gasteiger partial charge in [0.1, 0.15) is 0 Å². The quantitative estimate of drug-likeness (QED) is 0.350. The maximum Gasteiger partial charge on any atom is 0.187 e. The lowest BCUT2D eigenvalue weighted by Crippen LogP contribution is -1.95. The first-order valence-electron chi connectivity index (χ1n) is 9.27. The van der Waals surface area contributed by atoms with E-state index in [1.165, 1.54) is 17.5 Å². The number of thiazole rings is 1. The summed E-state index contributed by atoms with van der Waals surface area (Å²) >= 11 is 6.21. The second kappa shape index (κ2) is 13.9. The molecule has 0 saturated carbocycles. The van der Waals surface area contributed by atoms with Gasteiger partial charge in [-0.05, 0) is 43.5 Å². The molecule has 0 unspecified atom stereocenters. The second-order valence-corrected chi connectivity index (χ2v) is 6.98. The van der Waals surface area contributed by atoms with Gasteiger partial charge in [-0.2, -0.15) is 0 Å². The fraction of sp³-hybridized carbons (Fsp3) is 0.304. The van der Waals surface area contributed by atoms with E-state index in [0.29, 0.717) is 12.2 Å². The van der Waals surface area contributed by atoms with Crippen LogP contribution in [0.3, 0.4) is 0 Å². The fourth-order valence-corrected chi connectivity index (χ4v) is 3.21. The number of Topliss-reactive ketones (excluding diaryl/α,β-unsaturated/α-hetero) is 1. The molecule has 29 heavy (non-hydrogen) atoms. The maximum atomic E-state index is 11.3. The number of aromatic nitrogens is 1. The van der Waals surface area contributed by atoms with Crippen LogP contribution < -0.4 is 5.32 Å². The highest BCUT2D eigenvalue weighted by molar-refractivity contribution is 7.13. The molecule has 0 amide bonds. The Balaban J connectivity index is 0.000000299. The number of anilines is 2. The molecule has 0 aliphatic rings. The molecule has 3 rings (SSSR count). The van der Waals surface area contributed by atoms with E-state index in [1.54, 1.807) is 25.4 Å². The highest BCUT2D eigenvalue weighted by atomic mass is 35.5. The molecule has 1 N–H and O–H groups in total. The van der Waals surface area contributed by atoms with E-state index in [0.717, 1.165) is 22.9 Å². The summed E-state index contributed by atoms with van der Waals surface area (Å²) in [6.07, 6.45) is 2.41. The van der Waals surface area contributed by atoms with Gasteiger partial charge in [-0.25, -0.2) is 4.98 Å². The zero-order valence-electron chi connectivity index (χ0n) is 17.7. The first-order valence-corrected chi connectivity index (χ1v) is 10.9. The number of ether oxygens (including phenoxy) is 1. The van der Waals surface area contributed by atoms with E-state index in [2.05, 4.69) is 47.9 Å². The van der Waals surface area contributed by atoms with Gasteiger partial charge < -0.3 is 10.1 Å². The SMILES string of the molecule is CCc1csc(Nc2cccc(C(C)=O)c2)n1.CCl.COCc1ccccc1C. The van der Waals surface area contributed by atoms with Crippen LogP contribution in [0.25, 0.3) is 0 Å². The van der Waals surface area contributed by atoms with Gasteiger partial charge in [0.15, 0.2) is 10.9 Å². The average molecular weight is 433 g/mol. The molecule has 4 nitrogen and oxygen atoms in total. The normalized spacial score (nSPS) is 9.59. The van der Waals surface area contributed by atoms with Crippen molar-refractivity contribution in [2.24, 2.45) is 0 Å². The lowest BCUT2D eigenvalue weighted by atomic mass is 10.1. The molecule has 0 spiro atoms. The standard InChI is InChI=1S/C13H14N2OS.C9H12O.CH3Cl/c1-3-11-8-17-13(14-11)15-12-6-4-5-10(7-12)9(2)16;1-8-5-3-4-6-9(8)7-10-2;1-2/h4-8H,3H2,1-2H3,(H,14,15);3-6H,7H2,1-2H3;1H3. The Bertz CT molecular complexity index is 881. The number of carbonyl (C=O) groups excluding carboxylic acids is 1. The molecule has 0 aliphatic heterocycles. The van der Waals surface area contributed by atoms with Crippen LogP contribution in [0, 0.1) is 6.92 Å². The van der Waals surface area contributed by atoms with Crippen LogP contribution in [0.2, 0.25) is 0 Å². The average Bonchev–Trinajstić information content (AvgIpc) is 3.20. The summed E-state index contributed by atoms with van der Waals surface area (Å²) in [6, 6.07) is 15.7. The Kier molecular flexibility index (Phi) is 11.9. The predicted octanol–water partition coefficient (Wildman–Crippen LogP) is 6.65. The minimum atomic E-state index is 0.0713. The number of benzene rings is 2. The first-order chi connectivity index (χ1) is 14.0. The molecule has 2 aromatic carbocycles. The Morgan fingerprint density at radius 1 is 1.17 bits per heavy atom. The summed E-state index contributed by atoms with van der Waals surface area (Å²) in [6.45, 7) is 6.45. The molecule has 3 aromatic rings. The van der Waals surface area contributed by atoms with Crippen molar-refractivity contribution >= 4 is 39.5 Å². The number of hydrogen-bond acceptors (Lipinski definition) is 5. The van der Waals surface area contributed by atoms with Gasteiger partial charge in [0.2, 0.25) is 0 Å². The van der Waals surface area contributed by atoms with Gasteiger partial charge in [-0.15, -0.1) is 22.9 Å². The van der Waals surface area contributed by atoms with Gasteiger partial charge in [-0.1, -0.05) is 43.3 Å². The number of aryl methyl sites for hydroxylation is 2. The number of hydrogen-bond donors (Lipinski definition) is 1. The summed E-state index contributed by atoms with van der Waals surface area (Å²) < 4.78 is 5.01. The van der Waals surface area contributed by atoms with Crippen LogP contribution in [0.4, 0.5) is 10.8 Å². The summed E-state index contributed by atoms with van der Waals surface area (Å²) in [4.78, 5) is 15.7. The summed E-state index contributed by atoms with van der Waals surface area (Å²) in [5, 5.41) is 6.11. The monoisotopic (exact) mass is 432 g/mol. The van der Waals surface area contributed by atoms with Crippen molar-refractivity contribution in [3.8, 4) is 0 Å². The molecule has 0 radical (unpaired) electrons. The molecule has 0 fully saturated rings. The lowest BCUT2D eigenvalue weighted by Gasteiger charge is -2.03. The fourth-order valence-electron chi connectivity index (χ4n) is 2.39. The van der Waals surface area contributed by atoms with E-state index >= 15 is 0 Å². The molecular weight excluding hydrogens is 404 g/mol. The first kappa shape index (κ1) is 24.8. The van der Waals surface area contributed by atoms with Gasteiger partial charge in [0.05, 0.1) is 12.3 Å². The van der Waals surface area contributed by atoms with Crippen molar-refractivity contribution < 1.29 is 9.53 Å². The van der Waals surface area contributed by atoms with Gasteiger partial charge >= 0.3 is 0 Å². The van der Waals surface area contributed by atoms with Gasteiger partial charge in [0.25, 0.3) is 0 Å². The molecule has 0 atom stereocenters. The van der Waals surface area contributed by atoms with E-state index in [4.69, 9.17) is 4.74 Å². The topological polar surface area (TPSA) is 51.2 Å². The van der Waals surface area contributed by atoms with E-state index < -0.39 is 0 Å². The number of rotatable bonds is 6. The largest absolute Gasteiger partial charge is 0.380 e. The second-order valence-electron chi connectivity index (χ2n) is 6.12. The predicted molar refractivity (Wildman–Crippen MR) is 125 cm³/mol.